The first-order valence-corrected chi connectivity index (χ1v) is 9.69. The molecule has 1 aliphatic rings. The molecule has 0 radical (unpaired) electrons. The molecule has 3 rings (SSSR count). The number of benzene rings is 1. The van der Waals surface area contributed by atoms with Crippen LogP contribution in [0.1, 0.15) is 55.4 Å². The first-order chi connectivity index (χ1) is 12.6. The third-order valence-electron chi connectivity index (χ3n) is 5.39. The first-order valence-electron chi connectivity index (χ1n) is 9.69. The van der Waals surface area contributed by atoms with Gasteiger partial charge in [0.25, 0.3) is 0 Å². The number of hydrogen-bond acceptors (Lipinski definition) is 5. The number of aliphatic hydroxyl groups is 1. The Morgan fingerprint density at radius 1 is 1.23 bits per heavy atom. The van der Waals surface area contributed by atoms with E-state index < -0.39 is 6.10 Å². The van der Waals surface area contributed by atoms with Crippen LogP contribution in [0.5, 0.6) is 5.75 Å². The molecule has 26 heavy (non-hydrogen) atoms. The molecule has 5 heteroatoms. The number of nitrogens with zero attached hydrogens (tertiary/aromatic N) is 2. The van der Waals surface area contributed by atoms with Gasteiger partial charge < -0.3 is 14.4 Å². The number of rotatable bonds is 7. The Balaban J connectivity index is 1.55. The van der Waals surface area contributed by atoms with Crippen LogP contribution >= 0.6 is 0 Å². The van der Waals surface area contributed by atoms with Crippen molar-refractivity contribution in [2.24, 2.45) is 5.92 Å². The molecule has 1 saturated heterocycles. The van der Waals surface area contributed by atoms with Crippen LogP contribution in [0.25, 0.3) is 0 Å². The minimum absolute atomic E-state index is 0.304. The number of aliphatic hydroxyl groups excluding tert-OH is 1. The van der Waals surface area contributed by atoms with Crippen molar-refractivity contribution in [3.8, 4) is 5.75 Å². The molecular weight excluding hydrogens is 328 g/mol. The van der Waals surface area contributed by atoms with Gasteiger partial charge in [-0.15, -0.1) is 0 Å². The Labute approximate surface area is 155 Å². The molecule has 2 heterocycles. The van der Waals surface area contributed by atoms with Gasteiger partial charge in [-0.3, -0.25) is 4.90 Å². The fraction of sp³-hybridized carbons (Fsp3) is 0.571. The number of aryl methyl sites for hydroxylation is 2. The Morgan fingerprint density at radius 2 is 1.92 bits per heavy atom. The van der Waals surface area contributed by atoms with Gasteiger partial charge in [0, 0.05) is 12.1 Å². The third-order valence-corrected chi connectivity index (χ3v) is 5.39. The first kappa shape index (κ1) is 18.9. The highest BCUT2D eigenvalue weighted by atomic mass is 16.5. The molecule has 1 fully saturated rings. The number of aromatic nitrogens is 1. The van der Waals surface area contributed by atoms with E-state index in [4.69, 9.17) is 9.26 Å². The van der Waals surface area contributed by atoms with E-state index in [1.54, 1.807) is 0 Å². The fourth-order valence-corrected chi connectivity index (χ4v) is 3.77. The maximum atomic E-state index is 10.8. The summed E-state index contributed by atoms with van der Waals surface area (Å²) in [7, 11) is 0. The minimum atomic E-state index is -0.406. The van der Waals surface area contributed by atoms with Crippen LogP contribution < -0.4 is 4.74 Å². The van der Waals surface area contributed by atoms with Gasteiger partial charge in [0.15, 0.2) is 0 Å². The summed E-state index contributed by atoms with van der Waals surface area (Å²) >= 11 is 0. The number of piperidine rings is 1. The van der Waals surface area contributed by atoms with Crippen molar-refractivity contribution in [1.29, 1.82) is 0 Å². The highest BCUT2D eigenvalue weighted by Crippen LogP contribution is 2.32. The molecule has 1 N–H and O–H groups in total. The SMILES string of the molecule is CCOc1ccc(C(O)C2CCN(Cc3c(CC)noc3C)CC2)cc1. The number of ether oxygens (including phenoxy) is 1. The van der Waals surface area contributed by atoms with Gasteiger partial charge in [0.2, 0.25) is 0 Å². The normalized spacial score (nSPS) is 17.4. The maximum absolute atomic E-state index is 10.8. The van der Waals surface area contributed by atoms with E-state index in [-0.39, 0.29) is 0 Å². The summed E-state index contributed by atoms with van der Waals surface area (Å²) in [6.45, 7) is 9.61. The number of hydrogen-bond donors (Lipinski definition) is 1. The molecule has 1 aliphatic heterocycles. The van der Waals surface area contributed by atoms with Crippen molar-refractivity contribution in [2.75, 3.05) is 19.7 Å². The third kappa shape index (κ3) is 4.27. The largest absolute Gasteiger partial charge is 0.494 e. The molecule has 1 unspecified atom stereocenters. The van der Waals surface area contributed by atoms with Crippen molar-refractivity contribution in [3.63, 3.8) is 0 Å². The van der Waals surface area contributed by atoms with Crippen molar-refractivity contribution in [2.45, 2.75) is 52.7 Å². The summed E-state index contributed by atoms with van der Waals surface area (Å²) in [5.74, 6) is 2.09. The summed E-state index contributed by atoms with van der Waals surface area (Å²) in [5, 5.41) is 14.9. The maximum Gasteiger partial charge on any atom is 0.138 e. The molecule has 142 valence electrons. The smallest absolute Gasteiger partial charge is 0.138 e. The van der Waals surface area contributed by atoms with Gasteiger partial charge in [-0.25, -0.2) is 0 Å². The van der Waals surface area contributed by atoms with Crippen LogP contribution in [0, 0.1) is 12.8 Å². The second kappa shape index (κ2) is 8.69. The second-order valence-corrected chi connectivity index (χ2v) is 7.08. The van der Waals surface area contributed by atoms with E-state index >= 15 is 0 Å². The lowest BCUT2D eigenvalue weighted by Gasteiger charge is -2.34. The van der Waals surface area contributed by atoms with E-state index in [9.17, 15) is 5.11 Å². The van der Waals surface area contributed by atoms with Gasteiger partial charge in [-0.05, 0) is 69.8 Å². The minimum Gasteiger partial charge on any atom is -0.494 e. The van der Waals surface area contributed by atoms with E-state index in [1.165, 1.54) is 5.56 Å². The van der Waals surface area contributed by atoms with Crippen molar-refractivity contribution >= 4 is 0 Å². The van der Waals surface area contributed by atoms with Gasteiger partial charge in [-0.2, -0.15) is 0 Å². The van der Waals surface area contributed by atoms with Gasteiger partial charge >= 0.3 is 0 Å². The highest BCUT2D eigenvalue weighted by Gasteiger charge is 2.27. The zero-order valence-corrected chi connectivity index (χ0v) is 16.1. The Kier molecular flexibility index (Phi) is 6.33. The monoisotopic (exact) mass is 358 g/mol. The average Bonchev–Trinajstić information content (AvgIpc) is 3.02. The molecular formula is C21H30N2O3. The summed E-state index contributed by atoms with van der Waals surface area (Å²) < 4.78 is 10.8. The summed E-state index contributed by atoms with van der Waals surface area (Å²) in [4.78, 5) is 2.44. The van der Waals surface area contributed by atoms with Crippen LogP contribution in [-0.4, -0.2) is 34.9 Å². The zero-order chi connectivity index (χ0) is 18.5. The molecule has 0 amide bonds. The summed E-state index contributed by atoms with van der Waals surface area (Å²) in [6, 6.07) is 7.85. The molecule has 0 saturated carbocycles. The van der Waals surface area contributed by atoms with Gasteiger partial charge in [0.1, 0.15) is 11.5 Å². The molecule has 1 atom stereocenters. The Morgan fingerprint density at radius 3 is 2.54 bits per heavy atom. The lowest BCUT2D eigenvalue weighted by Crippen LogP contribution is -2.35. The van der Waals surface area contributed by atoms with Crippen molar-refractivity contribution < 1.29 is 14.4 Å². The Hall–Kier alpha value is -1.85. The molecule has 0 bridgehead atoms. The lowest BCUT2D eigenvalue weighted by atomic mass is 9.87. The average molecular weight is 358 g/mol. The lowest BCUT2D eigenvalue weighted by molar-refractivity contribution is 0.0565. The predicted octanol–water partition coefficient (Wildman–Crippen LogP) is 3.89. The van der Waals surface area contributed by atoms with Gasteiger partial charge in [0.05, 0.1) is 18.4 Å². The van der Waals surface area contributed by atoms with E-state index in [1.807, 2.05) is 38.1 Å². The molecule has 1 aromatic carbocycles. The summed E-state index contributed by atoms with van der Waals surface area (Å²) in [5.41, 5.74) is 3.28. The standard InChI is InChI=1S/C21H30N2O3/c1-4-20-19(15(3)26-22-20)14-23-12-10-17(11-13-23)21(24)16-6-8-18(9-7-16)25-5-2/h6-9,17,21,24H,4-5,10-14H2,1-3H3. The molecule has 1 aromatic heterocycles. The van der Waals surface area contributed by atoms with Gasteiger partial charge in [-0.1, -0.05) is 24.2 Å². The predicted molar refractivity (Wildman–Crippen MR) is 101 cm³/mol. The fourth-order valence-electron chi connectivity index (χ4n) is 3.77. The van der Waals surface area contributed by atoms with E-state index in [0.29, 0.717) is 12.5 Å². The quantitative estimate of drug-likeness (QED) is 0.814. The van der Waals surface area contributed by atoms with Crippen LogP contribution in [0.4, 0.5) is 0 Å². The van der Waals surface area contributed by atoms with E-state index in [2.05, 4.69) is 17.0 Å². The number of likely N-dealkylation sites (tertiary alicyclic amines) is 1. The topological polar surface area (TPSA) is 58.7 Å². The van der Waals surface area contributed by atoms with Crippen molar-refractivity contribution in [3.05, 3.63) is 46.8 Å². The van der Waals surface area contributed by atoms with Crippen molar-refractivity contribution in [1.82, 2.24) is 10.1 Å². The second-order valence-electron chi connectivity index (χ2n) is 7.08. The van der Waals surface area contributed by atoms with Crippen LogP contribution in [0.2, 0.25) is 0 Å². The molecule has 2 aromatic rings. The van der Waals surface area contributed by atoms with Crippen LogP contribution in [0.15, 0.2) is 28.8 Å². The van der Waals surface area contributed by atoms with Crippen LogP contribution in [-0.2, 0) is 13.0 Å². The highest BCUT2D eigenvalue weighted by molar-refractivity contribution is 5.29. The molecule has 0 aliphatic carbocycles. The Bertz CT molecular complexity index is 688. The molecule has 0 spiro atoms. The zero-order valence-electron chi connectivity index (χ0n) is 16.1. The van der Waals surface area contributed by atoms with E-state index in [0.717, 1.165) is 61.7 Å². The van der Waals surface area contributed by atoms with Crippen LogP contribution in [0.3, 0.4) is 0 Å². The summed E-state index contributed by atoms with van der Waals surface area (Å²) in [6.07, 6.45) is 2.50. The molecule has 5 nitrogen and oxygen atoms in total.